The van der Waals surface area contributed by atoms with E-state index in [2.05, 4.69) is 0 Å². The van der Waals surface area contributed by atoms with Gasteiger partial charge in [-0.05, 0) is 37.5 Å². The van der Waals surface area contributed by atoms with E-state index in [1.165, 1.54) is 12.5 Å². The fourth-order valence-corrected chi connectivity index (χ4v) is 3.32. The van der Waals surface area contributed by atoms with Crippen LogP contribution < -0.4 is 10.5 Å². The molecule has 2 N–H and O–H groups in total. The van der Waals surface area contributed by atoms with Crippen LogP contribution in [0.5, 0.6) is 5.75 Å². The highest BCUT2D eigenvalue weighted by Crippen LogP contribution is 2.43. The highest BCUT2D eigenvalue weighted by atomic mass is 19.1. The lowest BCUT2D eigenvalue weighted by molar-refractivity contribution is 0.288. The first-order valence-electron chi connectivity index (χ1n) is 6.68. The van der Waals surface area contributed by atoms with Crippen molar-refractivity contribution in [2.24, 2.45) is 5.73 Å². The molecule has 18 heavy (non-hydrogen) atoms. The van der Waals surface area contributed by atoms with E-state index in [4.69, 9.17) is 10.5 Å². The van der Waals surface area contributed by atoms with Gasteiger partial charge in [0.25, 0.3) is 0 Å². The summed E-state index contributed by atoms with van der Waals surface area (Å²) in [7, 11) is 1.63. The molecule has 0 saturated heterocycles. The van der Waals surface area contributed by atoms with Crippen molar-refractivity contribution >= 4 is 0 Å². The predicted molar refractivity (Wildman–Crippen MR) is 71.5 cm³/mol. The summed E-state index contributed by atoms with van der Waals surface area (Å²) in [4.78, 5) is 0. The van der Waals surface area contributed by atoms with Crippen molar-refractivity contribution in [2.45, 2.75) is 44.4 Å². The Bertz CT molecular complexity index is 425. The van der Waals surface area contributed by atoms with Gasteiger partial charge in [-0.3, -0.25) is 0 Å². The van der Waals surface area contributed by atoms with Crippen molar-refractivity contribution in [1.29, 1.82) is 0 Å². The molecule has 0 spiro atoms. The minimum absolute atomic E-state index is 0.138. The first-order chi connectivity index (χ1) is 8.64. The maximum Gasteiger partial charge on any atom is 0.127 e. The molecule has 0 unspecified atom stereocenters. The Morgan fingerprint density at radius 2 is 1.94 bits per heavy atom. The largest absolute Gasteiger partial charge is 0.496 e. The molecular formula is C15H22FNO. The summed E-state index contributed by atoms with van der Waals surface area (Å²) < 4.78 is 19.6. The molecule has 3 heteroatoms. The van der Waals surface area contributed by atoms with E-state index < -0.39 is 0 Å². The summed E-state index contributed by atoms with van der Waals surface area (Å²) >= 11 is 0. The highest BCUT2D eigenvalue weighted by molar-refractivity contribution is 5.45. The number of hydrogen-bond acceptors (Lipinski definition) is 2. The van der Waals surface area contributed by atoms with Crippen LogP contribution in [0.3, 0.4) is 0 Å². The zero-order valence-electron chi connectivity index (χ0n) is 11.3. The zero-order chi connectivity index (χ0) is 13.2. The lowest BCUT2D eigenvalue weighted by Gasteiger charge is -2.38. The Morgan fingerprint density at radius 3 is 2.50 bits per heavy atom. The van der Waals surface area contributed by atoms with E-state index in [9.17, 15) is 4.39 Å². The molecule has 0 radical (unpaired) electrons. The summed E-state index contributed by atoms with van der Waals surface area (Å²) in [6, 6.07) is 3.20. The summed E-state index contributed by atoms with van der Waals surface area (Å²) in [6.07, 6.45) is 5.45. The average Bonchev–Trinajstić information content (AvgIpc) is 2.40. The van der Waals surface area contributed by atoms with Gasteiger partial charge in [0.05, 0.1) is 7.11 Å². The molecule has 0 amide bonds. The fourth-order valence-electron chi connectivity index (χ4n) is 3.32. The third-order valence-corrected chi connectivity index (χ3v) is 4.32. The number of methoxy groups -OCH3 is 1. The normalized spacial score (nSPS) is 18.7. The van der Waals surface area contributed by atoms with Gasteiger partial charge in [-0.2, -0.15) is 0 Å². The van der Waals surface area contributed by atoms with Gasteiger partial charge in [-0.15, -0.1) is 0 Å². The Hall–Kier alpha value is -1.09. The third-order valence-electron chi connectivity index (χ3n) is 4.32. The van der Waals surface area contributed by atoms with E-state index in [1.807, 2.05) is 6.92 Å². The lowest BCUT2D eigenvalue weighted by Crippen LogP contribution is -2.38. The van der Waals surface area contributed by atoms with Gasteiger partial charge in [0.15, 0.2) is 0 Å². The maximum absolute atomic E-state index is 14.3. The lowest BCUT2D eigenvalue weighted by atomic mass is 9.68. The van der Waals surface area contributed by atoms with Crippen LogP contribution in [0.1, 0.15) is 43.2 Å². The fraction of sp³-hybridized carbons (Fsp3) is 0.600. The van der Waals surface area contributed by atoms with E-state index in [0.717, 1.165) is 42.6 Å². The van der Waals surface area contributed by atoms with E-state index in [0.29, 0.717) is 6.54 Å². The predicted octanol–water partition coefficient (Wildman–Crippen LogP) is 3.30. The standard InChI is InChI=1S/C15H22FNO/c1-11-13(18-2)7-6-12(16)14(11)15(10-17)8-4-3-5-9-15/h6-7H,3-5,8-10,17H2,1-2H3. The highest BCUT2D eigenvalue weighted by Gasteiger charge is 2.36. The van der Waals surface area contributed by atoms with Crippen molar-refractivity contribution in [2.75, 3.05) is 13.7 Å². The molecule has 0 heterocycles. The number of benzene rings is 1. The Morgan fingerprint density at radius 1 is 1.28 bits per heavy atom. The van der Waals surface area contributed by atoms with Crippen molar-refractivity contribution in [3.63, 3.8) is 0 Å². The Labute approximate surface area is 108 Å². The van der Waals surface area contributed by atoms with Gasteiger partial charge in [-0.25, -0.2) is 4.39 Å². The second kappa shape index (κ2) is 5.27. The van der Waals surface area contributed by atoms with Crippen LogP contribution in [0.25, 0.3) is 0 Å². The number of rotatable bonds is 3. The molecular weight excluding hydrogens is 229 g/mol. The topological polar surface area (TPSA) is 35.2 Å². The SMILES string of the molecule is COc1ccc(F)c(C2(CN)CCCCC2)c1C. The number of nitrogens with two attached hydrogens (primary N) is 1. The van der Waals surface area contributed by atoms with Crippen LogP contribution >= 0.6 is 0 Å². The van der Waals surface area contributed by atoms with Gasteiger partial charge >= 0.3 is 0 Å². The first-order valence-corrected chi connectivity index (χ1v) is 6.68. The van der Waals surface area contributed by atoms with Crippen LogP contribution in [0.15, 0.2) is 12.1 Å². The van der Waals surface area contributed by atoms with E-state index >= 15 is 0 Å². The molecule has 100 valence electrons. The molecule has 0 atom stereocenters. The second-order valence-electron chi connectivity index (χ2n) is 5.29. The summed E-state index contributed by atoms with van der Waals surface area (Å²) in [5.74, 6) is 0.616. The van der Waals surface area contributed by atoms with Gasteiger partial charge in [0.2, 0.25) is 0 Å². The van der Waals surface area contributed by atoms with Gasteiger partial charge in [0.1, 0.15) is 11.6 Å². The monoisotopic (exact) mass is 251 g/mol. The number of ether oxygens (including phenoxy) is 1. The van der Waals surface area contributed by atoms with Crippen LogP contribution in [-0.4, -0.2) is 13.7 Å². The summed E-state index contributed by atoms with van der Waals surface area (Å²) in [6.45, 7) is 2.45. The van der Waals surface area contributed by atoms with Gasteiger partial charge in [-0.1, -0.05) is 19.3 Å². The van der Waals surface area contributed by atoms with Gasteiger partial charge in [0, 0.05) is 17.5 Å². The van der Waals surface area contributed by atoms with E-state index in [-0.39, 0.29) is 11.2 Å². The van der Waals surface area contributed by atoms with Crippen molar-refractivity contribution in [3.05, 3.63) is 29.1 Å². The van der Waals surface area contributed by atoms with Crippen molar-refractivity contribution in [1.82, 2.24) is 0 Å². The van der Waals surface area contributed by atoms with E-state index in [1.54, 1.807) is 13.2 Å². The van der Waals surface area contributed by atoms with Gasteiger partial charge < -0.3 is 10.5 Å². The zero-order valence-corrected chi connectivity index (χ0v) is 11.3. The van der Waals surface area contributed by atoms with Crippen LogP contribution in [0.2, 0.25) is 0 Å². The Kier molecular flexibility index (Phi) is 3.91. The summed E-state index contributed by atoms with van der Waals surface area (Å²) in [5.41, 5.74) is 7.49. The molecule has 1 aliphatic rings. The molecule has 2 rings (SSSR count). The molecule has 1 aromatic carbocycles. The Balaban J connectivity index is 2.53. The smallest absolute Gasteiger partial charge is 0.127 e. The molecule has 1 aliphatic carbocycles. The average molecular weight is 251 g/mol. The molecule has 0 aliphatic heterocycles. The molecule has 1 fully saturated rings. The van der Waals surface area contributed by atoms with Crippen LogP contribution in [-0.2, 0) is 5.41 Å². The van der Waals surface area contributed by atoms with Crippen LogP contribution in [0, 0.1) is 12.7 Å². The number of halogens is 1. The second-order valence-corrected chi connectivity index (χ2v) is 5.29. The first kappa shape index (κ1) is 13.3. The molecule has 2 nitrogen and oxygen atoms in total. The minimum atomic E-state index is -0.193. The molecule has 0 bridgehead atoms. The molecule has 1 aromatic rings. The minimum Gasteiger partial charge on any atom is -0.496 e. The van der Waals surface area contributed by atoms with Crippen LogP contribution in [0.4, 0.5) is 4.39 Å². The summed E-state index contributed by atoms with van der Waals surface area (Å²) in [5, 5.41) is 0. The van der Waals surface area contributed by atoms with Crippen molar-refractivity contribution in [3.8, 4) is 5.75 Å². The maximum atomic E-state index is 14.3. The van der Waals surface area contributed by atoms with Crippen molar-refractivity contribution < 1.29 is 9.13 Å². The third kappa shape index (κ3) is 2.12. The molecule has 1 saturated carbocycles. The molecule has 0 aromatic heterocycles. The quantitative estimate of drug-likeness (QED) is 0.894. The number of hydrogen-bond donors (Lipinski definition) is 1.